The normalized spacial score (nSPS) is 15.6. The van der Waals surface area contributed by atoms with E-state index in [4.69, 9.17) is 4.42 Å². The molecule has 1 aliphatic carbocycles. The highest BCUT2D eigenvalue weighted by Crippen LogP contribution is 2.56. The Kier molecular flexibility index (Phi) is 7.87. The summed E-state index contributed by atoms with van der Waals surface area (Å²) in [5.74, 6) is 0. The van der Waals surface area contributed by atoms with Gasteiger partial charge in [-0.3, -0.25) is 0 Å². The number of hydrogen-bond acceptors (Lipinski definition) is 2. The minimum absolute atomic E-state index is 0.511. The molecular weight excluding hydrogens is 853 g/mol. The molecule has 4 heteroatoms. The van der Waals surface area contributed by atoms with Crippen LogP contribution in [0.1, 0.15) is 22.3 Å². The van der Waals surface area contributed by atoms with E-state index >= 15 is 0 Å². The summed E-state index contributed by atoms with van der Waals surface area (Å²) >= 11 is 0. The van der Waals surface area contributed by atoms with Crippen molar-refractivity contribution in [2.45, 2.75) is 18.5 Å². The van der Waals surface area contributed by atoms with Crippen molar-refractivity contribution in [3.05, 3.63) is 253 Å². The molecule has 0 amide bonds. The van der Waals surface area contributed by atoms with Crippen LogP contribution in [0.2, 0.25) is 13.1 Å². The maximum atomic E-state index is 6.49. The lowest BCUT2D eigenvalue weighted by Gasteiger charge is -2.50. The standard InChI is InChI=1S/C65H44N2OSi/c1-69(2)62-31-12-9-26-54(62)65(53-25-8-5-21-47(53)52-24-13-18-42-19-14-27-56(65)64(42)52)55-37-34-45(40-63(55)69)66(57-29-15-17-41-16-3-4-20-46(41)57)43-32-35-49-48-22-6-10-28-58(48)67(59(49)38-43)44-33-36-51-50-23-7-11-30-60(50)68-61(51)39-44/h3-40H,1-2H3. The largest absolute Gasteiger partial charge is 0.456 e. The van der Waals surface area contributed by atoms with Gasteiger partial charge in [0.2, 0.25) is 0 Å². The summed E-state index contributed by atoms with van der Waals surface area (Å²) in [7, 11) is -2.36. The number of rotatable bonds is 4. The molecule has 324 valence electrons. The van der Waals surface area contributed by atoms with Crippen molar-refractivity contribution in [3.63, 3.8) is 0 Å². The summed E-state index contributed by atoms with van der Waals surface area (Å²) < 4.78 is 8.92. The highest BCUT2D eigenvalue weighted by Gasteiger charge is 2.52. The van der Waals surface area contributed by atoms with Crippen molar-refractivity contribution >= 4 is 101 Å². The third-order valence-electron chi connectivity index (χ3n) is 15.8. The first-order chi connectivity index (χ1) is 34.0. The average Bonchev–Trinajstić information content (AvgIpc) is 3.94. The van der Waals surface area contributed by atoms with Crippen LogP contribution >= 0.6 is 0 Å². The molecular formula is C65H44N2OSi. The second-order valence-corrected chi connectivity index (χ2v) is 23.9. The summed E-state index contributed by atoms with van der Waals surface area (Å²) in [6, 6.07) is 86.4. The van der Waals surface area contributed by atoms with Gasteiger partial charge in [-0.05, 0) is 115 Å². The van der Waals surface area contributed by atoms with Gasteiger partial charge in [0.15, 0.2) is 0 Å². The Morgan fingerprint density at radius 2 is 1.01 bits per heavy atom. The molecule has 13 aromatic rings. The lowest BCUT2D eigenvalue weighted by Crippen LogP contribution is -2.63. The fourth-order valence-corrected chi connectivity index (χ4v) is 16.1. The monoisotopic (exact) mass is 896 g/mol. The quantitative estimate of drug-likeness (QED) is 0.164. The van der Waals surface area contributed by atoms with E-state index in [9.17, 15) is 0 Å². The fourth-order valence-electron chi connectivity index (χ4n) is 12.9. The number of nitrogens with zero attached hydrogens (tertiary/aromatic N) is 2. The molecule has 3 heterocycles. The third-order valence-corrected chi connectivity index (χ3v) is 19.4. The summed E-state index contributed by atoms with van der Waals surface area (Å²) in [5.41, 5.74) is 16.2. The van der Waals surface area contributed by atoms with Crippen LogP contribution in [-0.2, 0) is 5.41 Å². The molecule has 0 radical (unpaired) electrons. The molecule has 11 aromatic carbocycles. The molecule has 1 spiro atoms. The van der Waals surface area contributed by atoms with Gasteiger partial charge in [0.05, 0.1) is 22.1 Å². The van der Waals surface area contributed by atoms with Crippen LogP contribution in [0.5, 0.6) is 0 Å². The van der Waals surface area contributed by atoms with Crippen LogP contribution < -0.4 is 15.3 Å². The van der Waals surface area contributed by atoms with E-state index in [1.165, 1.54) is 76.1 Å². The zero-order chi connectivity index (χ0) is 45.6. The number of hydrogen-bond donors (Lipinski definition) is 0. The second-order valence-electron chi connectivity index (χ2n) is 19.6. The average molecular weight is 897 g/mol. The van der Waals surface area contributed by atoms with Gasteiger partial charge < -0.3 is 13.9 Å². The van der Waals surface area contributed by atoms with Crippen LogP contribution in [0.4, 0.5) is 17.1 Å². The molecule has 0 saturated heterocycles. The lowest BCUT2D eigenvalue weighted by atomic mass is 9.59. The summed E-state index contributed by atoms with van der Waals surface area (Å²) in [6.07, 6.45) is 0. The highest BCUT2D eigenvalue weighted by molar-refractivity contribution is 7.01. The zero-order valence-corrected chi connectivity index (χ0v) is 39.2. The van der Waals surface area contributed by atoms with Crippen LogP contribution in [0.3, 0.4) is 0 Å². The minimum Gasteiger partial charge on any atom is -0.456 e. The van der Waals surface area contributed by atoms with E-state index in [0.717, 1.165) is 55.7 Å². The van der Waals surface area contributed by atoms with Gasteiger partial charge in [-0.15, -0.1) is 0 Å². The Morgan fingerprint density at radius 3 is 1.93 bits per heavy atom. The number of benzene rings is 11. The van der Waals surface area contributed by atoms with Gasteiger partial charge in [-0.2, -0.15) is 0 Å². The zero-order valence-electron chi connectivity index (χ0n) is 38.2. The molecule has 0 bridgehead atoms. The van der Waals surface area contributed by atoms with Gasteiger partial charge in [0.25, 0.3) is 0 Å². The second kappa shape index (κ2) is 14.1. The molecule has 1 unspecified atom stereocenters. The van der Waals surface area contributed by atoms with E-state index in [-0.39, 0.29) is 0 Å². The van der Waals surface area contributed by atoms with E-state index in [0.29, 0.717) is 0 Å². The molecule has 69 heavy (non-hydrogen) atoms. The first-order valence-electron chi connectivity index (χ1n) is 24.1. The SMILES string of the molecule is C[Si]1(C)c2ccccc2C2(c3ccccc3-c3cccc4cccc2c34)c2ccc(N(c3ccc4c5ccccc5n(-c5ccc6c(c5)oc5ccccc56)c4c3)c3cccc4ccccc34)cc21. The maximum absolute atomic E-state index is 6.49. The lowest BCUT2D eigenvalue weighted by molar-refractivity contribution is 0.668. The molecule has 2 aromatic heterocycles. The predicted octanol–water partition coefficient (Wildman–Crippen LogP) is 16.0. The third kappa shape index (κ3) is 5.16. The molecule has 15 rings (SSSR count). The Hall–Kier alpha value is -8.44. The number of fused-ring (bicyclic) bond motifs is 15. The van der Waals surface area contributed by atoms with Crippen molar-refractivity contribution in [1.29, 1.82) is 0 Å². The van der Waals surface area contributed by atoms with E-state index in [1.54, 1.807) is 0 Å². The predicted molar refractivity (Wildman–Crippen MR) is 292 cm³/mol. The molecule has 0 fully saturated rings. The summed E-state index contributed by atoms with van der Waals surface area (Å²) in [4.78, 5) is 2.52. The van der Waals surface area contributed by atoms with Gasteiger partial charge >= 0.3 is 0 Å². The molecule has 3 nitrogen and oxygen atoms in total. The topological polar surface area (TPSA) is 21.3 Å². The molecule has 2 aliphatic rings. The van der Waals surface area contributed by atoms with E-state index in [1.807, 2.05) is 6.07 Å². The van der Waals surface area contributed by atoms with Crippen LogP contribution in [0.15, 0.2) is 235 Å². The van der Waals surface area contributed by atoms with Crippen molar-refractivity contribution in [3.8, 4) is 16.8 Å². The first kappa shape index (κ1) is 38.6. The molecule has 1 aliphatic heterocycles. The number of para-hydroxylation sites is 2. The van der Waals surface area contributed by atoms with Crippen LogP contribution in [-0.4, -0.2) is 12.6 Å². The van der Waals surface area contributed by atoms with Crippen LogP contribution in [0.25, 0.3) is 82.1 Å². The van der Waals surface area contributed by atoms with E-state index in [2.05, 4.69) is 247 Å². The van der Waals surface area contributed by atoms with Crippen molar-refractivity contribution in [1.82, 2.24) is 4.57 Å². The van der Waals surface area contributed by atoms with Crippen LogP contribution in [0, 0.1) is 0 Å². The highest BCUT2D eigenvalue weighted by atomic mass is 28.3. The summed E-state index contributed by atoms with van der Waals surface area (Å²) in [5, 5.41) is 12.7. The van der Waals surface area contributed by atoms with Crippen molar-refractivity contribution in [2.75, 3.05) is 4.90 Å². The first-order valence-corrected chi connectivity index (χ1v) is 27.1. The Morgan fingerprint density at radius 1 is 0.406 bits per heavy atom. The fraction of sp³-hybridized carbons (Fsp3) is 0.0462. The smallest absolute Gasteiger partial charge is 0.137 e. The molecule has 1 atom stereocenters. The molecule has 0 N–H and O–H groups in total. The Labute approximate surface area is 400 Å². The van der Waals surface area contributed by atoms with Crippen molar-refractivity contribution in [2.24, 2.45) is 0 Å². The van der Waals surface area contributed by atoms with Gasteiger partial charge in [-0.25, -0.2) is 0 Å². The number of furan rings is 1. The van der Waals surface area contributed by atoms with Gasteiger partial charge in [-0.1, -0.05) is 183 Å². The van der Waals surface area contributed by atoms with Gasteiger partial charge in [0, 0.05) is 50.1 Å². The maximum Gasteiger partial charge on any atom is 0.137 e. The number of anilines is 3. The Bertz CT molecular complexity index is 4320. The minimum atomic E-state index is -2.36. The van der Waals surface area contributed by atoms with Gasteiger partial charge in [0.1, 0.15) is 19.2 Å². The molecule has 0 saturated carbocycles. The Balaban J connectivity index is 1.01. The summed E-state index contributed by atoms with van der Waals surface area (Å²) in [6.45, 7) is 5.13. The van der Waals surface area contributed by atoms with Crippen molar-refractivity contribution < 1.29 is 4.42 Å². The number of aromatic nitrogens is 1. The van der Waals surface area contributed by atoms with E-state index < -0.39 is 13.5 Å².